The molecule has 1 aliphatic rings. The number of aromatic nitrogens is 4. The minimum atomic E-state index is -1.16. The Bertz CT molecular complexity index is 1400. The van der Waals surface area contributed by atoms with Crippen LogP contribution in [0.2, 0.25) is 0 Å². The van der Waals surface area contributed by atoms with Crippen LogP contribution in [-0.4, -0.2) is 67.1 Å². The molecule has 1 saturated heterocycles. The van der Waals surface area contributed by atoms with E-state index in [9.17, 15) is 28.8 Å². The molecule has 0 spiro atoms. The number of hydrogen-bond acceptors (Lipinski definition) is 8. The number of fused-ring (bicyclic) bond motifs is 1. The quantitative estimate of drug-likeness (QED) is 0.287. The topological polar surface area (TPSA) is 202 Å². The molecule has 3 aromatic heterocycles. The van der Waals surface area contributed by atoms with Gasteiger partial charge in [0.1, 0.15) is 16.6 Å². The smallest absolute Gasteiger partial charge is 0.346 e. The summed E-state index contributed by atoms with van der Waals surface area (Å²) in [4.78, 5) is 82.0. The summed E-state index contributed by atoms with van der Waals surface area (Å²) in [6.45, 7) is 0.197. The number of urea groups is 2. The number of aromatic amines is 2. The molecular weight excluding hydrogens is 438 g/mol. The van der Waals surface area contributed by atoms with Gasteiger partial charge in [0.2, 0.25) is 5.43 Å². The number of pyridine rings is 2. The molecule has 33 heavy (non-hydrogen) atoms. The first kappa shape index (κ1) is 21.2. The van der Waals surface area contributed by atoms with Gasteiger partial charge in [0.25, 0.3) is 17.4 Å². The van der Waals surface area contributed by atoms with Crippen molar-refractivity contribution in [3.05, 3.63) is 68.5 Å². The summed E-state index contributed by atoms with van der Waals surface area (Å²) in [5, 5.41) is 8.24. The molecule has 0 aliphatic carbocycles. The van der Waals surface area contributed by atoms with E-state index in [-0.39, 0.29) is 18.6 Å². The second-order valence-electron chi connectivity index (χ2n) is 6.61. The van der Waals surface area contributed by atoms with Crippen LogP contribution >= 0.6 is 0 Å². The average Bonchev–Trinajstić information content (AvgIpc) is 3.25. The molecule has 15 nitrogen and oxygen atoms in total. The Kier molecular flexibility index (Phi) is 5.50. The average molecular weight is 453 g/mol. The molecule has 0 aromatic carbocycles. The Labute approximate surface area is 182 Å². The molecule has 1 fully saturated rings. The van der Waals surface area contributed by atoms with Gasteiger partial charge in [0.15, 0.2) is 0 Å². The maximum atomic E-state index is 12.9. The number of rotatable bonds is 2. The van der Waals surface area contributed by atoms with Gasteiger partial charge in [-0.25, -0.2) is 30.4 Å². The number of carbonyl (C=O) groups is 4. The van der Waals surface area contributed by atoms with E-state index in [1.165, 1.54) is 6.20 Å². The molecule has 6 amide bonds. The monoisotopic (exact) mass is 453 g/mol. The van der Waals surface area contributed by atoms with Gasteiger partial charge >= 0.3 is 12.1 Å². The molecule has 168 valence electrons. The molecule has 0 unspecified atom stereocenters. The number of hydrogen-bond donors (Lipinski definition) is 5. The Morgan fingerprint density at radius 1 is 1.06 bits per heavy atom. The number of hydrazine groups is 2. The molecule has 4 heterocycles. The number of nitrogens with one attached hydrogen (secondary N) is 5. The van der Waals surface area contributed by atoms with Crippen molar-refractivity contribution in [1.29, 1.82) is 0 Å². The summed E-state index contributed by atoms with van der Waals surface area (Å²) >= 11 is 0. The first-order valence-corrected chi connectivity index (χ1v) is 9.38. The van der Waals surface area contributed by atoms with E-state index >= 15 is 0 Å². The van der Waals surface area contributed by atoms with E-state index in [0.29, 0.717) is 10.6 Å². The van der Waals surface area contributed by atoms with Crippen LogP contribution in [0.4, 0.5) is 9.59 Å². The van der Waals surface area contributed by atoms with E-state index in [1.807, 2.05) is 10.5 Å². The van der Waals surface area contributed by atoms with Crippen LogP contribution < -0.4 is 27.2 Å². The highest BCUT2D eigenvalue weighted by Gasteiger charge is 2.31. The third-order valence-electron chi connectivity index (χ3n) is 4.57. The van der Waals surface area contributed by atoms with Crippen LogP contribution in [0.5, 0.6) is 0 Å². The predicted octanol–water partition coefficient (Wildman–Crippen LogP) is -1.56. The minimum absolute atomic E-state index is 0.00644. The number of carbonyl (C=O) groups excluding carboxylic acids is 4. The van der Waals surface area contributed by atoms with Gasteiger partial charge in [-0.3, -0.25) is 24.2 Å². The van der Waals surface area contributed by atoms with Crippen LogP contribution in [0.3, 0.4) is 0 Å². The van der Waals surface area contributed by atoms with Crippen LogP contribution in [-0.2, 0) is 0 Å². The fourth-order valence-electron chi connectivity index (χ4n) is 2.96. The zero-order chi connectivity index (χ0) is 23.5. The number of nitrogens with zero attached hydrogens (tertiary/aromatic N) is 4. The summed E-state index contributed by atoms with van der Waals surface area (Å²) in [5.74, 6) is -2.25. The van der Waals surface area contributed by atoms with Crippen molar-refractivity contribution in [2.45, 2.75) is 0 Å². The lowest BCUT2D eigenvalue weighted by atomic mass is 10.2. The summed E-state index contributed by atoms with van der Waals surface area (Å²) in [6, 6.07) is 2.46. The lowest BCUT2D eigenvalue weighted by molar-refractivity contribution is 0.0474. The van der Waals surface area contributed by atoms with Crippen molar-refractivity contribution >= 4 is 34.9 Å². The highest BCUT2D eigenvalue weighted by molar-refractivity contribution is 6.01. The van der Waals surface area contributed by atoms with Crippen LogP contribution in [0.15, 0.2) is 46.4 Å². The first-order chi connectivity index (χ1) is 15.9. The molecule has 3 aromatic rings. The minimum Gasteiger partial charge on any atom is -0.359 e. The summed E-state index contributed by atoms with van der Waals surface area (Å²) < 4.78 is 0. The summed E-state index contributed by atoms with van der Waals surface area (Å²) in [6.07, 6.45) is 3.59. The molecule has 0 atom stereocenters. The largest absolute Gasteiger partial charge is 0.359 e. The Hall–Kier alpha value is -5.08. The summed E-state index contributed by atoms with van der Waals surface area (Å²) in [7, 11) is 0. The van der Waals surface area contributed by atoms with E-state index < -0.39 is 46.0 Å². The highest BCUT2D eigenvalue weighted by Crippen LogP contribution is 2.05. The molecule has 0 saturated carbocycles. The predicted molar refractivity (Wildman–Crippen MR) is 109 cm³/mol. The lowest BCUT2D eigenvalue weighted by Crippen LogP contribution is -2.60. The third kappa shape index (κ3) is 4.09. The van der Waals surface area contributed by atoms with E-state index in [4.69, 9.17) is 0 Å². The lowest BCUT2D eigenvalue weighted by Gasteiger charge is -2.25. The fourth-order valence-corrected chi connectivity index (χ4v) is 2.96. The van der Waals surface area contributed by atoms with Gasteiger partial charge in [0, 0.05) is 31.7 Å². The Morgan fingerprint density at radius 3 is 2.61 bits per heavy atom. The van der Waals surface area contributed by atoms with Gasteiger partial charge in [-0.2, -0.15) is 10.2 Å². The van der Waals surface area contributed by atoms with Crippen LogP contribution in [0.25, 0.3) is 11.0 Å². The van der Waals surface area contributed by atoms with Crippen molar-refractivity contribution in [3.8, 4) is 0 Å². The number of H-pyrrole nitrogens is 2. The summed E-state index contributed by atoms with van der Waals surface area (Å²) in [5.41, 5.74) is 1.94. The maximum Gasteiger partial charge on any atom is 0.346 e. The molecule has 0 bridgehead atoms. The number of imide groups is 1. The van der Waals surface area contributed by atoms with Gasteiger partial charge < -0.3 is 10.3 Å². The van der Waals surface area contributed by atoms with Crippen molar-refractivity contribution < 1.29 is 19.2 Å². The second-order valence-corrected chi connectivity index (χ2v) is 6.61. The van der Waals surface area contributed by atoms with Gasteiger partial charge in [-0.05, 0) is 18.2 Å². The first-order valence-electron chi connectivity index (χ1n) is 9.38. The zero-order valence-corrected chi connectivity index (χ0v) is 16.6. The molecule has 15 heteroatoms. The zero-order valence-electron chi connectivity index (χ0n) is 16.6. The second kappa shape index (κ2) is 8.58. The third-order valence-corrected chi connectivity index (χ3v) is 4.57. The van der Waals surface area contributed by atoms with Crippen molar-refractivity contribution in [2.75, 3.05) is 13.1 Å². The standard InChI is InChI=1S/C18H15N9O6/c28-13-10(8-21-11-2-1-4-19-12(11)13)15(30)24-27(16(31)9-3-5-22-23-14(9)29)25-18(33)26-7-6-20-17(26)32/h1-5,8H,6-7H2,(H,20,32)(H,21,28)(H,23,29)(H,24,30)(H,25,33). The van der Waals surface area contributed by atoms with Gasteiger partial charge in [-0.15, -0.1) is 0 Å². The number of amides is 6. The Balaban J connectivity index is 1.65. The molecular formula is C18H15N9O6. The molecule has 0 radical (unpaired) electrons. The Morgan fingerprint density at radius 2 is 1.88 bits per heavy atom. The van der Waals surface area contributed by atoms with E-state index in [1.54, 1.807) is 12.1 Å². The van der Waals surface area contributed by atoms with Crippen molar-refractivity contribution in [1.82, 2.24) is 46.4 Å². The SMILES string of the molecule is O=C(NN(NC(=O)N1CCNC1=O)C(=O)c1ccn[nH]c1=O)c1c[nH]c2cccnc2c1=O. The van der Waals surface area contributed by atoms with Crippen molar-refractivity contribution in [3.63, 3.8) is 0 Å². The van der Waals surface area contributed by atoms with Gasteiger partial charge in [-0.1, -0.05) is 0 Å². The fraction of sp³-hybridized carbons (Fsp3) is 0.111. The van der Waals surface area contributed by atoms with Crippen LogP contribution in [0.1, 0.15) is 20.7 Å². The van der Waals surface area contributed by atoms with E-state index in [2.05, 4.69) is 25.8 Å². The molecule has 5 N–H and O–H groups in total. The van der Waals surface area contributed by atoms with Crippen molar-refractivity contribution in [2.24, 2.45) is 0 Å². The molecule has 4 rings (SSSR count). The molecule has 1 aliphatic heterocycles. The van der Waals surface area contributed by atoms with Crippen LogP contribution in [0, 0.1) is 0 Å². The van der Waals surface area contributed by atoms with E-state index in [0.717, 1.165) is 23.4 Å². The van der Waals surface area contributed by atoms with Gasteiger partial charge in [0.05, 0.1) is 5.52 Å². The normalized spacial score (nSPS) is 12.8. The highest BCUT2D eigenvalue weighted by atomic mass is 16.2. The maximum absolute atomic E-state index is 12.9.